The highest BCUT2D eigenvalue weighted by atomic mass is 32.2. The molecule has 0 radical (unpaired) electrons. The van der Waals surface area contributed by atoms with Gasteiger partial charge in [0, 0.05) is 22.0 Å². The van der Waals surface area contributed by atoms with E-state index in [0.717, 1.165) is 42.3 Å². The molecule has 3 aromatic heterocycles. The maximum absolute atomic E-state index is 12.9. The van der Waals surface area contributed by atoms with Gasteiger partial charge in [-0.3, -0.25) is 9.36 Å². The highest BCUT2D eigenvalue weighted by Crippen LogP contribution is 2.30. The van der Waals surface area contributed by atoms with E-state index in [1.54, 1.807) is 34.4 Å². The van der Waals surface area contributed by atoms with Gasteiger partial charge in [-0.05, 0) is 40.2 Å². The van der Waals surface area contributed by atoms with Gasteiger partial charge >= 0.3 is 0 Å². The number of fused-ring (bicyclic) bond motifs is 1. The van der Waals surface area contributed by atoms with Crippen LogP contribution in [0.3, 0.4) is 0 Å². The van der Waals surface area contributed by atoms with Crippen LogP contribution >= 0.6 is 34.4 Å². The molecule has 122 valence electrons. The van der Waals surface area contributed by atoms with Crippen molar-refractivity contribution in [2.75, 3.05) is 0 Å². The van der Waals surface area contributed by atoms with Gasteiger partial charge in [-0.2, -0.15) is 0 Å². The Balaban J connectivity index is 2.07. The highest BCUT2D eigenvalue weighted by Gasteiger charge is 2.18. The van der Waals surface area contributed by atoms with Gasteiger partial charge < -0.3 is 0 Å². The van der Waals surface area contributed by atoms with Crippen LogP contribution < -0.4 is 5.56 Å². The van der Waals surface area contributed by atoms with E-state index >= 15 is 0 Å². The minimum atomic E-state index is 0.0738. The van der Waals surface area contributed by atoms with E-state index in [4.69, 9.17) is 4.98 Å². The Labute approximate surface area is 147 Å². The first-order valence-corrected chi connectivity index (χ1v) is 10.1. The van der Waals surface area contributed by atoms with Crippen LogP contribution in [0.1, 0.15) is 41.0 Å². The molecule has 0 aromatic carbocycles. The number of hydrogen-bond acceptors (Lipinski definition) is 6. The molecule has 23 heavy (non-hydrogen) atoms. The Morgan fingerprint density at radius 2 is 2.00 bits per heavy atom. The molecule has 0 aliphatic heterocycles. The van der Waals surface area contributed by atoms with Crippen molar-refractivity contribution < 1.29 is 0 Å². The zero-order valence-electron chi connectivity index (χ0n) is 13.8. The third-order valence-corrected chi connectivity index (χ3v) is 6.92. The lowest BCUT2D eigenvalue weighted by Gasteiger charge is -2.14. The minimum Gasteiger partial charge on any atom is -0.284 e. The van der Waals surface area contributed by atoms with E-state index in [1.165, 1.54) is 0 Å². The number of thioether (sulfide) groups is 1. The van der Waals surface area contributed by atoms with Gasteiger partial charge in [0.2, 0.25) is 0 Å². The molecule has 3 rings (SSSR count). The number of aromatic nitrogens is 3. The summed E-state index contributed by atoms with van der Waals surface area (Å²) in [6.45, 7) is 10.1. The summed E-state index contributed by atoms with van der Waals surface area (Å²) in [7, 11) is 0. The van der Waals surface area contributed by atoms with E-state index in [-0.39, 0.29) is 11.6 Å². The zero-order chi connectivity index (χ0) is 16.7. The molecule has 3 aromatic rings. The van der Waals surface area contributed by atoms with Crippen LogP contribution in [0.2, 0.25) is 0 Å². The average molecular weight is 366 g/mol. The van der Waals surface area contributed by atoms with Gasteiger partial charge in [0.1, 0.15) is 9.84 Å². The first kappa shape index (κ1) is 16.7. The summed E-state index contributed by atoms with van der Waals surface area (Å²) >= 11 is 4.85. The van der Waals surface area contributed by atoms with E-state index < -0.39 is 0 Å². The number of rotatable bonds is 4. The quantitative estimate of drug-likeness (QED) is 0.496. The largest absolute Gasteiger partial charge is 0.284 e. The van der Waals surface area contributed by atoms with Gasteiger partial charge in [-0.15, -0.1) is 22.7 Å². The third kappa shape index (κ3) is 3.09. The summed E-state index contributed by atoms with van der Waals surface area (Å²) in [4.78, 5) is 24.2. The van der Waals surface area contributed by atoms with E-state index in [9.17, 15) is 4.79 Å². The number of thiazole rings is 1. The standard InChI is InChI=1S/C16H19N3OS3/c1-8(2)19-15(20)13-10(4)11(5)23-14(13)18-16(19)22-7-12-17-9(3)6-21-12/h6,8H,7H2,1-5H3. The van der Waals surface area contributed by atoms with Crippen molar-refractivity contribution in [3.63, 3.8) is 0 Å². The van der Waals surface area contributed by atoms with E-state index in [0.29, 0.717) is 0 Å². The maximum Gasteiger partial charge on any atom is 0.263 e. The number of aryl methyl sites for hydroxylation is 3. The number of thiophene rings is 1. The van der Waals surface area contributed by atoms with Crippen LogP contribution in [0.5, 0.6) is 0 Å². The molecule has 7 heteroatoms. The van der Waals surface area contributed by atoms with Crippen LogP contribution in [0.15, 0.2) is 15.3 Å². The Morgan fingerprint density at radius 3 is 2.61 bits per heavy atom. The lowest BCUT2D eigenvalue weighted by atomic mass is 10.2. The summed E-state index contributed by atoms with van der Waals surface area (Å²) in [6, 6.07) is 0.0829. The van der Waals surface area contributed by atoms with Crippen LogP contribution in [0.25, 0.3) is 10.2 Å². The van der Waals surface area contributed by atoms with Crippen LogP contribution in [0, 0.1) is 20.8 Å². The Hall–Kier alpha value is -1.18. The normalized spacial score (nSPS) is 11.7. The van der Waals surface area contributed by atoms with Gasteiger partial charge in [0.05, 0.1) is 11.1 Å². The second-order valence-electron chi connectivity index (χ2n) is 5.80. The summed E-state index contributed by atoms with van der Waals surface area (Å²) in [5, 5.41) is 4.67. The summed E-state index contributed by atoms with van der Waals surface area (Å²) in [5.74, 6) is 0.743. The van der Waals surface area contributed by atoms with Crippen molar-refractivity contribution in [1.29, 1.82) is 0 Å². The fourth-order valence-electron chi connectivity index (χ4n) is 2.44. The molecule has 0 saturated heterocycles. The maximum atomic E-state index is 12.9. The molecule has 0 saturated carbocycles. The average Bonchev–Trinajstić information content (AvgIpc) is 3.00. The van der Waals surface area contributed by atoms with Crippen molar-refractivity contribution in [3.8, 4) is 0 Å². The molecule has 0 atom stereocenters. The number of nitrogens with zero attached hydrogens (tertiary/aromatic N) is 3. The van der Waals surface area contributed by atoms with Gasteiger partial charge in [-0.1, -0.05) is 11.8 Å². The molecule has 4 nitrogen and oxygen atoms in total. The molecular formula is C16H19N3OS3. The van der Waals surface area contributed by atoms with Crippen molar-refractivity contribution in [2.45, 2.75) is 51.6 Å². The lowest BCUT2D eigenvalue weighted by molar-refractivity contribution is 0.519. The third-order valence-electron chi connectivity index (χ3n) is 3.71. The Kier molecular flexibility index (Phi) is 4.62. The Morgan fingerprint density at radius 1 is 1.26 bits per heavy atom. The van der Waals surface area contributed by atoms with E-state index in [2.05, 4.69) is 4.98 Å². The van der Waals surface area contributed by atoms with Gasteiger partial charge in [0.25, 0.3) is 5.56 Å². The predicted molar refractivity (Wildman–Crippen MR) is 100 cm³/mol. The fraction of sp³-hybridized carbons (Fsp3) is 0.438. The molecule has 0 unspecified atom stereocenters. The van der Waals surface area contributed by atoms with Crippen molar-refractivity contribution in [1.82, 2.24) is 14.5 Å². The van der Waals surface area contributed by atoms with Gasteiger partial charge in [-0.25, -0.2) is 9.97 Å². The topological polar surface area (TPSA) is 47.8 Å². The first-order chi connectivity index (χ1) is 10.9. The monoisotopic (exact) mass is 365 g/mol. The molecule has 0 spiro atoms. The molecule has 0 aliphatic carbocycles. The van der Waals surface area contributed by atoms with Crippen LogP contribution in [-0.2, 0) is 5.75 Å². The van der Waals surface area contributed by atoms with Gasteiger partial charge in [0.15, 0.2) is 5.16 Å². The number of hydrogen-bond donors (Lipinski definition) is 0. The second kappa shape index (κ2) is 6.37. The molecule has 0 fully saturated rings. The lowest BCUT2D eigenvalue weighted by Crippen LogP contribution is -2.24. The van der Waals surface area contributed by atoms with Crippen molar-refractivity contribution in [3.05, 3.63) is 36.9 Å². The SMILES string of the molecule is Cc1csc(CSc2nc3sc(C)c(C)c3c(=O)n2C(C)C)n1. The van der Waals surface area contributed by atoms with Crippen LogP contribution in [-0.4, -0.2) is 14.5 Å². The molecule has 0 N–H and O–H groups in total. The second-order valence-corrected chi connectivity index (χ2v) is 8.89. The zero-order valence-corrected chi connectivity index (χ0v) is 16.3. The molecule has 3 heterocycles. The predicted octanol–water partition coefficient (Wildman–Crippen LogP) is 4.71. The summed E-state index contributed by atoms with van der Waals surface area (Å²) < 4.78 is 1.81. The molecule has 0 aliphatic rings. The molecular weight excluding hydrogens is 346 g/mol. The first-order valence-electron chi connectivity index (χ1n) is 7.44. The fourth-order valence-corrected chi connectivity index (χ4v) is 5.43. The smallest absolute Gasteiger partial charge is 0.263 e. The van der Waals surface area contributed by atoms with Crippen molar-refractivity contribution >= 4 is 44.7 Å². The molecule has 0 amide bonds. The Bertz CT molecular complexity index is 921. The van der Waals surface area contributed by atoms with E-state index in [1.807, 2.05) is 44.6 Å². The summed E-state index contributed by atoms with van der Waals surface area (Å²) in [6.07, 6.45) is 0. The summed E-state index contributed by atoms with van der Waals surface area (Å²) in [5.41, 5.74) is 2.17. The minimum absolute atomic E-state index is 0.0738. The highest BCUT2D eigenvalue weighted by molar-refractivity contribution is 7.98. The van der Waals surface area contributed by atoms with Crippen LogP contribution in [0.4, 0.5) is 0 Å². The van der Waals surface area contributed by atoms with Crippen molar-refractivity contribution in [2.24, 2.45) is 0 Å². The molecule has 0 bridgehead atoms.